The zero-order valence-corrected chi connectivity index (χ0v) is 15.8. The van der Waals surface area contributed by atoms with Gasteiger partial charge in [0.1, 0.15) is 12.2 Å². The number of thioether (sulfide) groups is 1. The molecule has 3 heterocycles. The van der Waals surface area contributed by atoms with Gasteiger partial charge in [-0.3, -0.25) is 9.59 Å². The van der Waals surface area contributed by atoms with Crippen molar-refractivity contribution < 1.29 is 14.6 Å². The second kappa shape index (κ2) is 6.83. The first kappa shape index (κ1) is 17.8. The van der Waals surface area contributed by atoms with Crippen LogP contribution in [0.15, 0.2) is 39.5 Å². The zero-order chi connectivity index (χ0) is 19.1. The average Bonchev–Trinajstić information content (AvgIpc) is 2.61. The van der Waals surface area contributed by atoms with Gasteiger partial charge in [-0.2, -0.15) is 0 Å². The molecule has 7 heteroatoms. The summed E-state index contributed by atoms with van der Waals surface area (Å²) in [6.07, 6.45) is 3.85. The molecule has 0 atom stereocenters. The Kier molecular flexibility index (Phi) is 4.49. The van der Waals surface area contributed by atoms with Gasteiger partial charge in [-0.05, 0) is 48.6 Å². The Bertz CT molecular complexity index is 1170. The molecule has 0 amide bonds. The number of carboxylic acid groups (broad SMARTS) is 1. The molecule has 1 aliphatic heterocycles. The number of fused-ring (bicyclic) bond motifs is 2. The van der Waals surface area contributed by atoms with Gasteiger partial charge in [-0.25, -0.2) is 4.98 Å². The smallest absolute Gasteiger partial charge is 0.323 e. The fraction of sp³-hybridized carbons (Fsp3) is 0.250. The molecule has 0 bridgehead atoms. The standard InChI is InChI=1S/C20H18N2O4S/c1-11-3-5-14-17(19(11)27-2)22(8-16(23)24)20-15(18(14)25)6-4-13(21-20)7-12-9-26-10-12/h3-7H,8-10H2,1-2H3,(H,23,24). The summed E-state index contributed by atoms with van der Waals surface area (Å²) in [5, 5.41) is 10.4. The maximum absolute atomic E-state index is 13.1. The lowest BCUT2D eigenvalue weighted by molar-refractivity contribution is -0.137. The van der Waals surface area contributed by atoms with Crippen molar-refractivity contribution in [3.05, 3.63) is 51.3 Å². The number of hydrogen-bond donors (Lipinski definition) is 1. The van der Waals surface area contributed by atoms with E-state index in [0.29, 0.717) is 40.8 Å². The molecule has 138 valence electrons. The molecule has 0 unspecified atom stereocenters. The highest BCUT2D eigenvalue weighted by Gasteiger charge is 2.18. The van der Waals surface area contributed by atoms with E-state index in [0.717, 1.165) is 16.0 Å². The molecule has 27 heavy (non-hydrogen) atoms. The number of aromatic nitrogens is 2. The van der Waals surface area contributed by atoms with Crippen molar-refractivity contribution in [2.24, 2.45) is 0 Å². The van der Waals surface area contributed by atoms with Gasteiger partial charge < -0.3 is 14.4 Å². The van der Waals surface area contributed by atoms with E-state index in [4.69, 9.17) is 4.74 Å². The van der Waals surface area contributed by atoms with Crippen LogP contribution in [-0.4, -0.2) is 40.1 Å². The van der Waals surface area contributed by atoms with E-state index >= 15 is 0 Å². The first-order valence-corrected chi connectivity index (χ1v) is 9.72. The van der Waals surface area contributed by atoms with Crippen molar-refractivity contribution in [1.82, 2.24) is 9.55 Å². The molecule has 0 spiro atoms. The van der Waals surface area contributed by atoms with Crippen molar-refractivity contribution in [1.29, 1.82) is 0 Å². The van der Waals surface area contributed by atoms with Crippen molar-refractivity contribution >= 4 is 45.7 Å². The van der Waals surface area contributed by atoms with Crippen LogP contribution >= 0.6 is 11.8 Å². The predicted molar refractivity (Wildman–Crippen MR) is 106 cm³/mol. The van der Waals surface area contributed by atoms with E-state index in [9.17, 15) is 14.7 Å². The Labute approximate surface area is 159 Å². The summed E-state index contributed by atoms with van der Waals surface area (Å²) in [6.45, 7) is 2.85. The molecule has 3 aromatic rings. The highest BCUT2D eigenvalue weighted by molar-refractivity contribution is 7.98. The van der Waals surface area contributed by atoms with Crippen LogP contribution in [-0.2, 0) is 16.1 Å². The summed E-state index contributed by atoms with van der Waals surface area (Å²) < 4.78 is 6.80. The molecular weight excluding hydrogens is 364 g/mol. The summed E-state index contributed by atoms with van der Waals surface area (Å²) >= 11 is 1.50. The van der Waals surface area contributed by atoms with Gasteiger partial charge in [0, 0.05) is 10.3 Å². The monoisotopic (exact) mass is 382 g/mol. The van der Waals surface area contributed by atoms with Crippen LogP contribution in [0.1, 0.15) is 11.3 Å². The zero-order valence-electron chi connectivity index (χ0n) is 15.0. The number of nitrogens with zero attached hydrogens (tertiary/aromatic N) is 2. The van der Waals surface area contributed by atoms with Crippen LogP contribution in [0.5, 0.6) is 0 Å². The first-order chi connectivity index (χ1) is 13.0. The summed E-state index contributed by atoms with van der Waals surface area (Å²) in [7, 11) is 0. The van der Waals surface area contributed by atoms with Gasteiger partial charge >= 0.3 is 5.97 Å². The van der Waals surface area contributed by atoms with Crippen molar-refractivity contribution in [2.45, 2.75) is 18.4 Å². The number of hydrogen-bond acceptors (Lipinski definition) is 5. The summed E-state index contributed by atoms with van der Waals surface area (Å²) in [4.78, 5) is 30.2. The van der Waals surface area contributed by atoms with Crippen LogP contribution in [0.2, 0.25) is 0 Å². The van der Waals surface area contributed by atoms with E-state index in [1.54, 1.807) is 22.8 Å². The minimum Gasteiger partial charge on any atom is -0.480 e. The number of benzene rings is 1. The van der Waals surface area contributed by atoms with Crippen LogP contribution in [0.25, 0.3) is 28.0 Å². The van der Waals surface area contributed by atoms with Crippen molar-refractivity contribution in [3.63, 3.8) is 0 Å². The largest absolute Gasteiger partial charge is 0.480 e. The summed E-state index contributed by atoms with van der Waals surface area (Å²) in [5.74, 6) is -0.979. The minimum atomic E-state index is -0.979. The highest BCUT2D eigenvalue weighted by Crippen LogP contribution is 2.30. The van der Waals surface area contributed by atoms with Crippen molar-refractivity contribution in [2.75, 3.05) is 19.5 Å². The quantitative estimate of drug-likeness (QED) is 0.552. The minimum absolute atomic E-state index is 0.129. The van der Waals surface area contributed by atoms with Gasteiger partial charge in [-0.15, -0.1) is 11.8 Å². The third-order valence-electron chi connectivity index (χ3n) is 4.66. The summed E-state index contributed by atoms with van der Waals surface area (Å²) in [6, 6.07) is 7.18. The Morgan fingerprint density at radius 2 is 2.04 bits per heavy atom. The van der Waals surface area contributed by atoms with E-state index in [2.05, 4.69) is 4.98 Å². The lowest BCUT2D eigenvalue weighted by atomic mass is 10.1. The molecule has 4 rings (SSSR count). The van der Waals surface area contributed by atoms with E-state index in [1.807, 2.05) is 25.3 Å². The molecule has 6 nitrogen and oxygen atoms in total. The second-order valence-corrected chi connectivity index (χ2v) is 7.34. The van der Waals surface area contributed by atoms with Gasteiger partial charge in [0.15, 0.2) is 5.43 Å². The van der Waals surface area contributed by atoms with Gasteiger partial charge in [0.2, 0.25) is 0 Å². The van der Waals surface area contributed by atoms with E-state index < -0.39 is 5.97 Å². The molecule has 2 aromatic heterocycles. The average molecular weight is 382 g/mol. The van der Waals surface area contributed by atoms with Crippen LogP contribution < -0.4 is 5.43 Å². The molecule has 0 saturated carbocycles. The molecular formula is C20H18N2O4S. The summed E-state index contributed by atoms with van der Waals surface area (Å²) in [5.41, 5.74) is 3.71. The first-order valence-electron chi connectivity index (χ1n) is 8.49. The normalized spacial score (nSPS) is 13.8. The fourth-order valence-corrected chi connectivity index (χ4v) is 4.16. The Hall–Kier alpha value is -2.64. The molecule has 1 saturated heterocycles. The van der Waals surface area contributed by atoms with E-state index in [-0.39, 0.29) is 12.0 Å². The van der Waals surface area contributed by atoms with Gasteiger partial charge in [0.25, 0.3) is 0 Å². The van der Waals surface area contributed by atoms with Crippen LogP contribution in [0.4, 0.5) is 0 Å². The number of carboxylic acids is 1. The lowest BCUT2D eigenvalue weighted by Crippen LogP contribution is -2.18. The number of rotatable bonds is 4. The maximum Gasteiger partial charge on any atom is 0.323 e. The third-order valence-corrected chi connectivity index (χ3v) is 5.59. The number of aliphatic carboxylic acids is 1. The Morgan fingerprint density at radius 1 is 1.30 bits per heavy atom. The number of carbonyl (C=O) groups is 1. The fourth-order valence-electron chi connectivity index (χ4n) is 3.36. The topological polar surface area (TPSA) is 81.4 Å². The molecule has 1 aliphatic rings. The van der Waals surface area contributed by atoms with Gasteiger partial charge in [-0.1, -0.05) is 6.07 Å². The molecule has 0 radical (unpaired) electrons. The highest BCUT2D eigenvalue weighted by atomic mass is 32.2. The SMILES string of the molecule is CSc1c(C)ccc2c(=O)c3ccc(C=C4COC4)nc3n(CC(=O)O)c12. The third kappa shape index (κ3) is 3.02. The molecule has 1 N–H and O–H groups in total. The molecule has 0 aliphatic carbocycles. The maximum atomic E-state index is 13.1. The lowest BCUT2D eigenvalue weighted by Gasteiger charge is -2.18. The molecule has 1 fully saturated rings. The van der Waals surface area contributed by atoms with Crippen LogP contribution in [0.3, 0.4) is 0 Å². The predicted octanol–water partition coefficient (Wildman–Crippen LogP) is 3.08. The van der Waals surface area contributed by atoms with Gasteiger partial charge in [0.05, 0.1) is 29.8 Å². The Balaban J connectivity index is 2.13. The second-order valence-electron chi connectivity index (χ2n) is 6.52. The number of aryl methyl sites for hydroxylation is 1. The molecule has 1 aromatic carbocycles. The number of pyridine rings is 2. The Morgan fingerprint density at radius 3 is 2.67 bits per heavy atom. The van der Waals surface area contributed by atoms with Crippen molar-refractivity contribution in [3.8, 4) is 0 Å². The van der Waals surface area contributed by atoms with Crippen LogP contribution in [0, 0.1) is 6.92 Å². The van der Waals surface area contributed by atoms with E-state index in [1.165, 1.54) is 11.8 Å². The number of ether oxygens (including phenoxy) is 1.